The van der Waals surface area contributed by atoms with Crippen molar-refractivity contribution in [3.8, 4) is 0 Å². The molecule has 0 aromatic heterocycles. The van der Waals surface area contributed by atoms with Gasteiger partial charge in [-0.15, -0.1) is 0 Å². The molecule has 0 spiro atoms. The van der Waals surface area contributed by atoms with Gasteiger partial charge in [-0.2, -0.15) is 0 Å². The number of carboxylic acid groups (broad SMARTS) is 2. The number of carboxylic acids is 2. The zero-order valence-corrected chi connectivity index (χ0v) is 11.8. The summed E-state index contributed by atoms with van der Waals surface area (Å²) in [6, 6.07) is -2.10. The second-order valence-corrected chi connectivity index (χ2v) is 5.82. The van der Waals surface area contributed by atoms with Crippen LogP contribution in [0, 0.1) is 0 Å². The summed E-state index contributed by atoms with van der Waals surface area (Å²) in [7, 11) is 2.25. The van der Waals surface area contributed by atoms with Crippen molar-refractivity contribution in [2.75, 3.05) is 18.1 Å². The standard InChI is InChI=1S/C9H16N2O6S2/c1-2-17-9(16)11-6(8(14)15)4-19-18-3-5(10)7(12)13/h5-6H,2-4,10H2,1H3,(H,11,16)(H,12,13)(H,14,15)/t5-,6-/m0/s1. The Balaban J connectivity index is 3.99. The first-order valence-corrected chi connectivity index (χ1v) is 7.76. The van der Waals surface area contributed by atoms with Crippen LogP contribution in [-0.4, -0.2) is 58.4 Å². The fourth-order valence-corrected chi connectivity index (χ4v) is 3.07. The minimum Gasteiger partial charge on any atom is -0.480 e. The summed E-state index contributed by atoms with van der Waals surface area (Å²) >= 11 is 0. The van der Waals surface area contributed by atoms with E-state index in [2.05, 4.69) is 10.1 Å². The molecule has 110 valence electrons. The van der Waals surface area contributed by atoms with Gasteiger partial charge in [0.15, 0.2) is 0 Å². The lowest BCUT2D eigenvalue weighted by Gasteiger charge is -2.13. The molecule has 0 unspecified atom stereocenters. The molecule has 19 heavy (non-hydrogen) atoms. The Labute approximate surface area is 117 Å². The van der Waals surface area contributed by atoms with E-state index in [0.717, 1.165) is 21.6 Å². The lowest BCUT2D eigenvalue weighted by atomic mass is 10.3. The van der Waals surface area contributed by atoms with Crippen LogP contribution in [0.15, 0.2) is 0 Å². The molecule has 0 fully saturated rings. The smallest absolute Gasteiger partial charge is 0.407 e. The molecule has 0 bridgehead atoms. The molecule has 0 heterocycles. The van der Waals surface area contributed by atoms with Gasteiger partial charge in [-0.25, -0.2) is 9.59 Å². The summed E-state index contributed by atoms with van der Waals surface area (Å²) in [5.74, 6) is -2.09. The molecule has 1 amide bonds. The van der Waals surface area contributed by atoms with Crippen LogP contribution in [0.25, 0.3) is 0 Å². The normalized spacial score (nSPS) is 13.4. The van der Waals surface area contributed by atoms with Crippen molar-refractivity contribution in [2.24, 2.45) is 5.73 Å². The van der Waals surface area contributed by atoms with Crippen molar-refractivity contribution in [3.63, 3.8) is 0 Å². The predicted molar refractivity (Wildman–Crippen MR) is 72.1 cm³/mol. The third-order valence-electron chi connectivity index (χ3n) is 1.75. The van der Waals surface area contributed by atoms with Gasteiger partial charge in [-0.3, -0.25) is 4.79 Å². The largest absolute Gasteiger partial charge is 0.480 e. The van der Waals surface area contributed by atoms with Crippen LogP contribution in [0.5, 0.6) is 0 Å². The average Bonchev–Trinajstić information content (AvgIpc) is 2.32. The number of carbonyl (C=O) groups is 3. The van der Waals surface area contributed by atoms with Gasteiger partial charge in [0.2, 0.25) is 0 Å². The maximum Gasteiger partial charge on any atom is 0.407 e. The van der Waals surface area contributed by atoms with Crippen LogP contribution in [0.1, 0.15) is 6.92 Å². The number of amides is 1. The van der Waals surface area contributed by atoms with Crippen LogP contribution in [0.2, 0.25) is 0 Å². The van der Waals surface area contributed by atoms with Crippen molar-refractivity contribution in [3.05, 3.63) is 0 Å². The van der Waals surface area contributed by atoms with E-state index in [4.69, 9.17) is 15.9 Å². The van der Waals surface area contributed by atoms with E-state index < -0.39 is 30.1 Å². The molecule has 0 aliphatic rings. The van der Waals surface area contributed by atoms with Crippen molar-refractivity contribution < 1.29 is 29.3 Å². The first-order chi connectivity index (χ1) is 8.88. The Bertz CT molecular complexity index is 328. The minimum atomic E-state index is -1.19. The summed E-state index contributed by atoms with van der Waals surface area (Å²) in [5.41, 5.74) is 5.27. The number of hydrogen-bond donors (Lipinski definition) is 4. The molecule has 5 N–H and O–H groups in total. The van der Waals surface area contributed by atoms with Gasteiger partial charge >= 0.3 is 18.0 Å². The number of hydrogen-bond acceptors (Lipinski definition) is 7. The molecule has 2 atom stereocenters. The highest BCUT2D eigenvalue weighted by Crippen LogP contribution is 2.22. The van der Waals surface area contributed by atoms with Gasteiger partial charge in [0, 0.05) is 11.5 Å². The predicted octanol–water partition coefficient (Wildman–Crippen LogP) is -0.0210. The Kier molecular flexibility index (Phi) is 9.17. The second kappa shape index (κ2) is 9.75. The SMILES string of the molecule is CCOC(=O)N[C@@H](CSSC[C@H](N)C(=O)O)C(=O)O. The number of carbonyl (C=O) groups excluding carboxylic acids is 1. The highest BCUT2D eigenvalue weighted by Gasteiger charge is 2.21. The molecule has 0 radical (unpaired) electrons. The van der Waals surface area contributed by atoms with E-state index in [1.54, 1.807) is 6.92 Å². The zero-order chi connectivity index (χ0) is 14.8. The summed E-state index contributed by atoms with van der Waals surface area (Å²) in [5, 5.41) is 19.6. The van der Waals surface area contributed by atoms with E-state index >= 15 is 0 Å². The zero-order valence-electron chi connectivity index (χ0n) is 10.2. The second-order valence-electron chi connectivity index (χ2n) is 3.27. The number of nitrogens with two attached hydrogens (primary N) is 1. The molecule has 0 aliphatic heterocycles. The van der Waals surface area contributed by atoms with E-state index in [1.165, 1.54) is 0 Å². The van der Waals surface area contributed by atoms with Gasteiger partial charge < -0.3 is 26.0 Å². The molecule has 0 saturated carbocycles. The van der Waals surface area contributed by atoms with Gasteiger partial charge in [-0.05, 0) is 6.92 Å². The van der Waals surface area contributed by atoms with Gasteiger partial charge in [0.1, 0.15) is 12.1 Å². The third-order valence-corrected chi connectivity index (χ3v) is 4.20. The quantitative estimate of drug-likeness (QED) is 0.341. The van der Waals surface area contributed by atoms with Gasteiger partial charge in [0.25, 0.3) is 0 Å². The molecule has 0 aliphatic carbocycles. The number of nitrogens with one attached hydrogen (secondary N) is 1. The maximum absolute atomic E-state index is 11.1. The molecule has 0 saturated heterocycles. The number of rotatable bonds is 9. The first kappa shape index (κ1) is 17.9. The topological polar surface area (TPSA) is 139 Å². The molecule has 0 aromatic carbocycles. The van der Waals surface area contributed by atoms with E-state index in [0.29, 0.717) is 0 Å². The number of alkyl carbamates (subject to hydrolysis) is 1. The molecular formula is C9H16N2O6S2. The van der Waals surface area contributed by atoms with Gasteiger partial charge in [0.05, 0.1) is 6.61 Å². The fourth-order valence-electron chi connectivity index (χ4n) is 0.799. The summed E-state index contributed by atoms with van der Waals surface area (Å²) in [4.78, 5) is 32.4. The monoisotopic (exact) mass is 312 g/mol. The summed E-state index contributed by atoms with van der Waals surface area (Å²) in [6.45, 7) is 1.75. The van der Waals surface area contributed by atoms with Crippen molar-refractivity contribution >= 4 is 39.6 Å². The Morgan fingerprint density at radius 1 is 1.21 bits per heavy atom. The highest BCUT2D eigenvalue weighted by atomic mass is 33.1. The maximum atomic E-state index is 11.1. The lowest BCUT2D eigenvalue weighted by Crippen LogP contribution is -2.42. The highest BCUT2D eigenvalue weighted by molar-refractivity contribution is 8.76. The van der Waals surface area contributed by atoms with Crippen LogP contribution in [0.3, 0.4) is 0 Å². The van der Waals surface area contributed by atoms with Gasteiger partial charge in [-0.1, -0.05) is 21.6 Å². The molecule has 10 heteroatoms. The number of aliphatic carboxylic acids is 2. The van der Waals surface area contributed by atoms with E-state index in [1.807, 2.05) is 0 Å². The Morgan fingerprint density at radius 2 is 1.79 bits per heavy atom. The van der Waals surface area contributed by atoms with Crippen LogP contribution >= 0.6 is 21.6 Å². The molecular weight excluding hydrogens is 296 g/mol. The summed E-state index contributed by atoms with van der Waals surface area (Å²) in [6.07, 6.45) is -0.803. The lowest BCUT2D eigenvalue weighted by molar-refractivity contribution is -0.139. The average molecular weight is 312 g/mol. The van der Waals surface area contributed by atoms with Crippen molar-refractivity contribution in [2.45, 2.75) is 19.0 Å². The van der Waals surface area contributed by atoms with E-state index in [-0.39, 0.29) is 18.1 Å². The number of ether oxygens (including phenoxy) is 1. The molecule has 0 aromatic rings. The van der Waals surface area contributed by atoms with Crippen LogP contribution in [0.4, 0.5) is 4.79 Å². The van der Waals surface area contributed by atoms with Crippen LogP contribution in [-0.2, 0) is 14.3 Å². The Hall–Kier alpha value is -1.13. The fraction of sp³-hybridized carbons (Fsp3) is 0.667. The third kappa shape index (κ3) is 8.56. The minimum absolute atomic E-state index is 0.0746. The van der Waals surface area contributed by atoms with Crippen molar-refractivity contribution in [1.29, 1.82) is 0 Å². The Morgan fingerprint density at radius 3 is 2.26 bits per heavy atom. The molecule has 8 nitrogen and oxygen atoms in total. The van der Waals surface area contributed by atoms with Crippen LogP contribution < -0.4 is 11.1 Å². The van der Waals surface area contributed by atoms with E-state index in [9.17, 15) is 14.4 Å². The first-order valence-electron chi connectivity index (χ1n) is 5.27. The summed E-state index contributed by atoms with van der Waals surface area (Å²) < 4.78 is 4.57. The van der Waals surface area contributed by atoms with Crippen molar-refractivity contribution in [1.82, 2.24) is 5.32 Å². The molecule has 0 rings (SSSR count).